The maximum absolute atomic E-state index is 13.8. The Balaban J connectivity index is 1.31. The number of alkyl halides is 5. The molecule has 4 fully saturated rings. The third-order valence-electron chi connectivity index (χ3n) is 9.88. The second-order valence-corrected chi connectivity index (χ2v) is 12.8. The van der Waals surface area contributed by atoms with Crippen LogP contribution in [-0.4, -0.2) is 106 Å². The molecule has 2 aromatic heterocycles. The van der Waals surface area contributed by atoms with Crippen LogP contribution in [-0.2, 0) is 11.2 Å². The number of halogens is 5. The van der Waals surface area contributed by atoms with Crippen LogP contribution >= 0.6 is 0 Å². The normalized spacial score (nSPS) is 29.0. The Kier molecular flexibility index (Phi) is 7.82. The molecule has 1 aliphatic carbocycles. The van der Waals surface area contributed by atoms with Crippen molar-refractivity contribution in [2.45, 2.75) is 69.5 Å². The summed E-state index contributed by atoms with van der Waals surface area (Å²) in [4.78, 5) is 29.2. The van der Waals surface area contributed by atoms with Gasteiger partial charge in [0.25, 0.3) is 5.78 Å². The van der Waals surface area contributed by atoms with E-state index < -0.39 is 36.4 Å². The van der Waals surface area contributed by atoms with Crippen molar-refractivity contribution in [3.05, 3.63) is 17.6 Å². The molecule has 0 radical (unpaired) electrons. The lowest BCUT2D eigenvalue weighted by molar-refractivity contribution is -0.183. The van der Waals surface area contributed by atoms with Gasteiger partial charge in [-0.15, -0.1) is 0 Å². The molecule has 0 bridgehead atoms. The third kappa shape index (κ3) is 6.06. The molecule has 4 aliphatic rings. The van der Waals surface area contributed by atoms with Crippen molar-refractivity contribution in [2.75, 3.05) is 57.8 Å². The Morgan fingerprint density at radius 1 is 1.10 bits per heavy atom. The lowest BCUT2D eigenvalue weighted by atomic mass is 9.78. The number of fused-ring (bicyclic) bond motifs is 2. The Morgan fingerprint density at radius 2 is 1.83 bits per heavy atom. The van der Waals surface area contributed by atoms with E-state index in [9.17, 15) is 26.7 Å². The lowest BCUT2D eigenvalue weighted by Gasteiger charge is -2.47. The van der Waals surface area contributed by atoms with Gasteiger partial charge in [0, 0.05) is 83.0 Å². The van der Waals surface area contributed by atoms with Crippen molar-refractivity contribution in [3.8, 4) is 0 Å². The van der Waals surface area contributed by atoms with E-state index in [2.05, 4.69) is 27.1 Å². The highest BCUT2D eigenvalue weighted by Crippen LogP contribution is 2.42. The molecule has 1 N–H and O–H groups in total. The molecule has 1 amide bonds. The molecule has 4 atom stereocenters. The van der Waals surface area contributed by atoms with Gasteiger partial charge in [0.15, 0.2) is 5.82 Å². The zero-order chi connectivity index (χ0) is 29.8. The van der Waals surface area contributed by atoms with Crippen LogP contribution < -0.4 is 10.2 Å². The van der Waals surface area contributed by atoms with Crippen LogP contribution in [0.3, 0.4) is 0 Å². The molecule has 9 nitrogen and oxygen atoms in total. The Labute approximate surface area is 241 Å². The number of carbonyl (C=O) groups excluding carboxylic acids is 1. The number of piperidine rings is 1. The van der Waals surface area contributed by atoms with Gasteiger partial charge in [-0.1, -0.05) is 6.92 Å². The van der Waals surface area contributed by atoms with E-state index in [1.807, 2.05) is 6.92 Å². The summed E-state index contributed by atoms with van der Waals surface area (Å²) in [5, 5.41) is 7.24. The number of imidazole rings is 1. The van der Waals surface area contributed by atoms with E-state index in [0.717, 1.165) is 26.2 Å². The minimum atomic E-state index is -4.40. The Morgan fingerprint density at radius 3 is 2.57 bits per heavy atom. The lowest BCUT2D eigenvalue weighted by Crippen LogP contribution is -2.61. The van der Waals surface area contributed by atoms with Gasteiger partial charge in [-0.05, 0) is 32.2 Å². The summed E-state index contributed by atoms with van der Waals surface area (Å²) >= 11 is 0. The molecule has 5 heterocycles. The number of amides is 1. The van der Waals surface area contributed by atoms with Crippen LogP contribution in [0.5, 0.6) is 0 Å². The fraction of sp³-hybridized carbons (Fsp3) is 0.786. The molecule has 42 heavy (non-hydrogen) atoms. The number of nitrogens with one attached hydrogen (secondary N) is 1. The van der Waals surface area contributed by atoms with Crippen molar-refractivity contribution < 1.29 is 26.7 Å². The first-order valence-corrected chi connectivity index (χ1v) is 15.0. The minimum absolute atomic E-state index is 0.0300. The predicted molar refractivity (Wildman–Crippen MR) is 146 cm³/mol. The number of piperazine rings is 2. The summed E-state index contributed by atoms with van der Waals surface area (Å²) in [6, 6.07) is 0.274. The molecule has 232 valence electrons. The largest absolute Gasteiger partial charge is 0.393 e. The first-order valence-electron chi connectivity index (χ1n) is 15.0. The summed E-state index contributed by atoms with van der Waals surface area (Å²) in [5.74, 6) is -4.61. The van der Waals surface area contributed by atoms with Crippen molar-refractivity contribution >= 4 is 17.5 Å². The number of hydrogen-bond acceptors (Lipinski definition) is 7. The average molecular weight is 599 g/mol. The van der Waals surface area contributed by atoms with Gasteiger partial charge in [-0.3, -0.25) is 9.69 Å². The number of rotatable bonds is 5. The molecule has 1 saturated carbocycles. The van der Waals surface area contributed by atoms with E-state index in [4.69, 9.17) is 15.1 Å². The highest BCUT2D eigenvalue weighted by molar-refractivity contribution is 5.80. The van der Waals surface area contributed by atoms with E-state index in [1.165, 1.54) is 4.52 Å². The van der Waals surface area contributed by atoms with Gasteiger partial charge in [-0.25, -0.2) is 18.3 Å². The van der Waals surface area contributed by atoms with Crippen LogP contribution in [0.4, 0.5) is 27.8 Å². The fourth-order valence-corrected chi connectivity index (χ4v) is 7.13. The Hall–Kier alpha value is -2.61. The topological polar surface area (TPSA) is 81.9 Å². The van der Waals surface area contributed by atoms with Gasteiger partial charge in [0.2, 0.25) is 11.8 Å². The molecular formula is C28H39F5N8O. The number of carbonyl (C=O) groups is 1. The number of likely N-dealkylation sites (N-methyl/N-ethyl adjacent to an activating group) is 1. The number of nitrogens with zero attached hydrogens (tertiary/aromatic N) is 7. The first-order chi connectivity index (χ1) is 19.9. The molecule has 14 heteroatoms. The zero-order valence-corrected chi connectivity index (χ0v) is 24.1. The van der Waals surface area contributed by atoms with Gasteiger partial charge in [0.05, 0.1) is 17.8 Å². The van der Waals surface area contributed by atoms with Gasteiger partial charge in [0.1, 0.15) is 5.69 Å². The maximum atomic E-state index is 13.8. The van der Waals surface area contributed by atoms with Crippen LogP contribution in [0.1, 0.15) is 56.3 Å². The average Bonchev–Trinajstić information content (AvgIpc) is 3.35. The van der Waals surface area contributed by atoms with Crippen LogP contribution in [0.25, 0.3) is 5.78 Å². The van der Waals surface area contributed by atoms with Gasteiger partial charge in [-0.2, -0.15) is 23.3 Å². The first kappa shape index (κ1) is 29.5. The molecular weight excluding hydrogens is 559 g/mol. The predicted octanol–water partition coefficient (Wildman–Crippen LogP) is 3.35. The van der Waals surface area contributed by atoms with E-state index in [0.29, 0.717) is 48.9 Å². The Bertz CT molecular complexity index is 1290. The quantitative estimate of drug-likeness (QED) is 0.529. The minimum Gasteiger partial charge on any atom is -0.355 e. The third-order valence-corrected chi connectivity index (χ3v) is 9.88. The monoisotopic (exact) mass is 598 g/mol. The van der Waals surface area contributed by atoms with Crippen LogP contribution in [0, 0.1) is 17.8 Å². The maximum Gasteiger partial charge on any atom is 0.393 e. The van der Waals surface area contributed by atoms with Crippen molar-refractivity contribution in [1.82, 2.24) is 34.7 Å². The standard InChI is InChI=1S/C28H39F5N8O/c1-17(18-3-5-27(29,30)6-4-18)23-16-41-26(35-23)36-24(40-10-9-39-8-7-38(2)14-21(39)15-40)22(37-41)12-19-11-20(28(31,32)33)13-34-25(19)42/h16-21H,3-15H2,1-2H3,(H,34,42)/t17?,19-,20-,21?/m1/s1. The molecule has 2 aromatic rings. The summed E-state index contributed by atoms with van der Waals surface area (Å²) < 4.78 is 69.8. The van der Waals surface area contributed by atoms with E-state index >= 15 is 0 Å². The SMILES string of the molecule is CC(c1cn2nc(C[C@H]3C[C@@H](C(F)(F)F)CNC3=O)c(N3CCN4CCN(C)CC4C3)nc2n1)C1CCC(F)(F)CC1. The van der Waals surface area contributed by atoms with E-state index in [-0.39, 0.29) is 43.6 Å². The molecule has 0 aromatic carbocycles. The zero-order valence-electron chi connectivity index (χ0n) is 24.1. The van der Waals surface area contributed by atoms with Crippen LogP contribution in [0.15, 0.2) is 6.20 Å². The summed E-state index contributed by atoms with van der Waals surface area (Å²) in [6.07, 6.45) is -2.35. The summed E-state index contributed by atoms with van der Waals surface area (Å²) in [7, 11) is 2.09. The highest BCUT2D eigenvalue weighted by Gasteiger charge is 2.45. The molecule has 0 spiro atoms. The van der Waals surface area contributed by atoms with Crippen molar-refractivity contribution in [3.63, 3.8) is 0 Å². The molecule has 2 unspecified atom stereocenters. The summed E-state index contributed by atoms with van der Waals surface area (Å²) in [5.41, 5.74) is 1.18. The van der Waals surface area contributed by atoms with Gasteiger partial charge >= 0.3 is 6.18 Å². The second kappa shape index (κ2) is 11.1. The fourth-order valence-electron chi connectivity index (χ4n) is 7.13. The smallest absolute Gasteiger partial charge is 0.355 e. The van der Waals surface area contributed by atoms with E-state index in [1.54, 1.807) is 6.20 Å². The number of anilines is 1. The molecule has 3 saturated heterocycles. The highest BCUT2D eigenvalue weighted by atomic mass is 19.4. The second-order valence-electron chi connectivity index (χ2n) is 12.8. The summed E-state index contributed by atoms with van der Waals surface area (Å²) in [6.45, 7) is 6.63. The number of aromatic nitrogens is 4. The van der Waals surface area contributed by atoms with Gasteiger partial charge < -0.3 is 15.1 Å². The molecule has 6 rings (SSSR count). The van der Waals surface area contributed by atoms with Crippen molar-refractivity contribution in [2.24, 2.45) is 17.8 Å². The number of hydrogen-bond donors (Lipinski definition) is 1. The van der Waals surface area contributed by atoms with Crippen LogP contribution in [0.2, 0.25) is 0 Å². The molecule has 3 aliphatic heterocycles. The van der Waals surface area contributed by atoms with Crippen molar-refractivity contribution in [1.29, 1.82) is 0 Å².